The first-order valence-corrected chi connectivity index (χ1v) is 14.8. The van der Waals surface area contributed by atoms with Gasteiger partial charge in [0.2, 0.25) is 0 Å². The monoisotopic (exact) mass is 449 g/mol. The lowest BCUT2D eigenvalue weighted by atomic mass is 10.0. The Bertz CT molecular complexity index is 504. The van der Waals surface area contributed by atoms with E-state index < -0.39 is 13.9 Å². The van der Waals surface area contributed by atoms with Crippen LogP contribution in [-0.2, 0) is 13.9 Å². The number of carbonyl (C=O) groups excluding carboxylic acids is 1. The van der Waals surface area contributed by atoms with Gasteiger partial charge in [-0.05, 0) is 51.1 Å². The van der Waals surface area contributed by atoms with Crippen LogP contribution in [0.1, 0.15) is 48.0 Å². The number of hydrogen-bond acceptors (Lipinski definition) is 6. The fourth-order valence-corrected chi connectivity index (χ4v) is 5.19. The molecule has 0 aromatic heterocycles. The van der Waals surface area contributed by atoms with Crippen LogP contribution < -0.4 is 0 Å². The van der Waals surface area contributed by atoms with Gasteiger partial charge in [-0.2, -0.15) is 11.8 Å². The number of hydrogen-bond donors (Lipinski definition) is 1. The molecular formula is C21H43NO5SSi. The fraction of sp³-hybridized carbons (Fsp3) is 0.952. The molecule has 172 valence electrons. The highest BCUT2D eigenvalue weighted by Gasteiger charge is 2.44. The van der Waals surface area contributed by atoms with Gasteiger partial charge in [0.1, 0.15) is 5.60 Å². The van der Waals surface area contributed by atoms with Crippen molar-refractivity contribution < 1.29 is 23.8 Å². The first-order valence-electron chi connectivity index (χ1n) is 10.7. The first kappa shape index (κ1) is 26.8. The summed E-state index contributed by atoms with van der Waals surface area (Å²) < 4.78 is 17.6. The molecule has 0 aromatic rings. The highest BCUT2D eigenvalue weighted by atomic mass is 32.2. The summed E-state index contributed by atoms with van der Waals surface area (Å²) >= 11 is 1.85. The third kappa shape index (κ3) is 9.59. The summed E-state index contributed by atoms with van der Waals surface area (Å²) in [5, 5.41) is 8.88. The van der Waals surface area contributed by atoms with Crippen molar-refractivity contribution in [2.45, 2.75) is 77.8 Å². The highest BCUT2D eigenvalue weighted by Crippen LogP contribution is 2.39. The number of carbonyl (C=O) groups is 1. The van der Waals surface area contributed by atoms with Crippen LogP contribution in [-0.4, -0.2) is 80.5 Å². The van der Waals surface area contributed by atoms with Crippen molar-refractivity contribution in [1.29, 1.82) is 0 Å². The highest BCUT2D eigenvalue weighted by molar-refractivity contribution is 7.99. The molecule has 1 aliphatic rings. The molecule has 0 spiro atoms. The van der Waals surface area contributed by atoms with Gasteiger partial charge in [0.25, 0.3) is 0 Å². The van der Waals surface area contributed by atoms with Gasteiger partial charge in [-0.15, -0.1) is 0 Å². The van der Waals surface area contributed by atoms with E-state index in [1.54, 1.807) is 0 Å². The van der Waals surface area contributed by atoms with Crippen molar-refractivity contribution >= 4 is 26.2 Å². The predicted molar refractivity (Wildman–Crippen MR) is 123 cm³/mol. The van der Waals surface area contributed by atoms with Gasteiger partial charge in [0.05, 0.1) is 25.9 Å². The minimum absolute atomic E-state index is 0.0645. The molecule has 1 rings (SSSR count). The van der Waals surface area contributed by atoms with Crippen molar-refractivity contribution in [2.24, 2.45) is 5.92 Å². The SMILES string of the molecule is CC(C)(C)OC(=O)N1C[C@H](CCSCCOCCO)[C@@H](O[Si](C)(C)C(C)(C)C)C1. The van der Waals surface area contributed by atoms with E-state index in [1.807, 2.05) is 37.4 Å². The number of aliphatic hydroxyl groups is 1. The van der Waals surface area contributed by atoms with E-state index in [1.165, 1.54) is 0 Å². The van der Waals surface area contributed by atoms with Crippen molar-refractivity contribution in [3.63, 3.8) is 0 Å². The Morgan fingerprint density at radius 3 is 2.31 bits per heavy atom. The first-order chi connectivity index (χ1) is 13.3. The van der Waals surface area contributed by atoms with Gasteiger partial charge in [-0.1, -0.05) is 20.8 Å². The van der Waals surface area contributed by atoms with Gasteiger partial charge in [0.15, 0.2) is 8.32 Å². The number of likely N-dealkylation sites (tertiary alicyclic amines) is 1. The molecule has 1 amide bonds. The topological polar surface area (TPSA) is 68.2 Å². The van der Waals surface area contributed by atoms with E-state index in [2.05, 4.69) is 33.9 Å². The molecule has 0 unspecified atom stereocenters. The van der Waals surface area contributed by atoms with Gasteiger partial charge in [-0.3, -0.25) is 0 Å². The second kappa shape index (κ2) is 11.4. The molecule has 0 radical (unpaired) electrons. The number of ether oxygens (including phenoxy) is 2. The zero-order valence-corrected chi connectivity index (χ0v) is 21.6. The standard InChI is InChI=1S/C21H43NO5SSi/c1-20(2,3)26-19(24)22-15-17(9-13-28-14-12-25-11-10-23)18(16-22)27-29(7,8)21(4,5)6/h17-18,23H,9-16H2,1-8H3/t17-,18-/m0/s1. The molecule has 0 aromatic carbocycles. The quantitative estimate of drug-likeness (QED) is 0.394. The molecule has 1 N–H and O–H groups in total. The zero-order valence-electron chi connectivity index (χ0n) is 19.7. The number of rotatable bonds is 10. The Morgan fingerprint density at radius 1 is 1.10 bits per heavy atom. The molecule has 1 aliphatic heterocycles. The number of aliphatic hydroxyl groups excluding tert-OH is 1. The van der Waals surface area contributed by atoms with Crippen molar-refractivity contribution in [3.05, 3.63) is 0 Å². The van der Waals surface area contributed by atoms with Gasteiger partial charge >= 0.3 is 6.09 Å². The second-order valence-electron chi connectivity index (χ2n) is 10.3. The number of thioether (sulfide) groups is 1. The summed E-state index contributed by atoms with van der Waals surface area (Å²) in [5.74, 6) is 2.24. The van der Waals surface area contributed by atoms with Gasteiger partial charge < -0.3 is 23.9 Å². The van der Waals surface area contributed by atoms with Crippen LogP contribution in [0.25, 0.3) is 0 Å². The van der Waals surface area contributed by atoms with Gasteiger partial charge in [0, 0.05) is 24.8 Å². The second-order valence-corrected chi connectivity index (χ2v) is 16.3. The molecule has 2 atom stereocenters. The molecule has 0 aliphatic carbocycles. The Kier molecular flexibility index (Phi) is 10.5. The van der Waals surface area contributed by atoms with Crippen LogP contribution in [0.3, 0.4) is 0 Å². The smallest absolute Gasteiger partial charge is 0.410 e. The fourth-order valence-electron chi connectivity index (χ4n) is 2.90. The van der Waals surface area contributed by atoms with E-state index in [9.17, 15) is 4.79 Å². The molecule has 1 heterocycles. The molecule has 29 heavy (non-hydrogen) atoms. The third-order valence-corrected chi connectivity index (χ3v) is 11.0. The van der Waals surface area contributed by atoms with Crippen molar-refractivity contribution in [2.75, 3.05) is 44.4 Å². The number of nitrogens with zero attached hydrogens (tertiary/aromatic N) is 1. The molecule has 6 nitrogen and oxygen atoms in total. The van der Waals surface area contributed by atoms with Crippen molar-refractivity contribution in [1.82, 2.24) is 4.90 Å². The van der Waals surface area contributed by atoms with E-state index in [0.29, 0.717) is 32.2 Å². The molecule has 1 saturated heterocycles. The largest absolute Gasteiger partial charge is 0.444 e. The summed E-state index contributed by atoms with van der Waals surface area (Å²) in [4.78, 5) is 14.4. The lowest BCUT2D eigenvalue weighted by molar-refractivity contribution is 0.0272. The summed E-state index contributed by atoms with van der Waals surface area (Å²) in [6.45, 7) is 19.4. The maximum atomic E-state index is 12.6. The molecule has 0 saturated carbocycles. The maximum absolute atomic E-state index is 12.6. The molecule has 0 bridgehead atoms. The lowest BCUT2D eigenvalue weighted by Gasteiger charge is -2.39. The Morgan fingerprint density at radius 2 is 1.76 bits per heavy atom. The van der Waals surface area contributed by atoms with Crippen LogP contribution in [0, 0.1) is 5.92 Å². The van der Waals surface area contributed by atoms with E-state index in [-0.39, 0.29) is 23.8 Å². The Labute approximate surface area is 183 Å². The lowest BCUT2D eigenvalue weighted by Crippen LogP contribution is -2.46. The minimum atomic E-state index is -1.92. The molecular weight excluding hydrogens is 406 g/mol. The summed E-state index contributed by atoms with van der Waals surface area (Å²) in [5.41, 5.74) is -0.491. The Balaban J connectivity index is 2.68. The predicted octanol–water partition coefficient (Wildman–Crippen LogP) is 4.38. The number of amides is 1. The summed E-state index contributed by atoms with van der Waals surface area (Å²) in [6.07, 6.45) is 0.826. The van der Waals surface area contributed by atoms with Crippen LogP contribution in [0.4, 0.5) is 4.79 Å². The normalized spacial score (nSPS) is 20.9. The van der Waals surface area contributed by atoms with Crippen molar-refractivity contribution in [3.8, 4) is 0 Å². The van der Waals surface area contributed by atoms with E-state index >= 15 is 0 Å². The van der Waals surface area contributed by atoms with E-state index in [0.717, 1.165) is 17.9 Å². The van der Waals surface area contributed by atoms with Crippen LogP contribution in [0.5, 0.6) is 0 Å². The summed E-state index contributed by atoms with van der Waals surface area (Å²) in [6, 6.07) is 0. The van der Waals surface area contributed by atoms with E-state index in [4.69, 9.17) is 19.0 Å². The molecule has 8 heteroatoms. The minimum Gasteiger partial charge on any atom is -0.444 e. The van der Waals surface area contributed by atoms with Gasteiger partial charge in [-0.25, -0.2) is 4.79 Å². The average Bonchev–Trinajstić information content (AvgIpc) is 2.94. The van der Waals surface area contributed by atoms with Crippen LogP contribution >= 0.6 is 11.8 Å². The van der Waals surface area contributed by atoms with Crippen LogP contribution in [0.2, 0.25) is 18.1 Å². The third-order valence-electron chi connectivity index (χ3n) is 5.53. The Hall–Kier alpha value is -0.283. The maximum Gasteiger partial charge on any atom is 0.410 e. The summed E-state index contributed by atoms with van der Waals surface area (Å²) in [7, 11) is -1.92. The van der Waals surface area contributed by atoms with Crippen LogP contribution in [0.15, 0.2) is 0 Å². The zero-order chi connectivity index (χ0) is 22.3. The molecule has 1 fully saturated rings. The average molecular weight is 450 g/mol.